The van der Waals surface area contributed by atoms with Crippen molar-refractivity contribution in [1.82, 2.24) is 0 Å². The van der Waals surface area contributed by atoms with E-state index in [-0.39, 0.29) is 6.10 Å². The van der Waals surface area contributed by atoms with Crippen LogP contribution in [0.3, 0.4) is 0 Å². The molecule has 1 aliphatic rings. The zero-order valence-corrected chi connectivity index (χ0v) is 10.8. The van der Waals surface area contributed by atoms with E-state index >= 15 is 0 Å². The van der Waals surface area contributed by atoms with Crippen molar-refractivity contribution >= 4 is 15.9 Å². The van der Waals surface area contributed by atoms with Crippen molar-refractivity contribution in [3.05, 3.63) is 22.2 Å². The van der Waals surface area contributed by atoms with Crippen LogP contribution in [0, 0.1) is 0 Å². The fraction of sp³-hybridized carbons (Fsp3) is 0.500. The molecule has 4 heteroatoms. The summed E-state index contributed by atoms with van der Waals surface area (Å²) in [6, 6.07) is 3.86. The Hall–Kier alpha value is -0.740. The Kier molecular flexibility index (Phi) is 3.71. The number of hydrogen-bond acceptors (Lipinski definition) is 3. The summed E-state index contributed by atoms with van der Waals surface area (Å²) >= 11 is 3.48. The molecule has 1 unspecified atom stereocenters. The van der Waals surface area contributed by atoms with Crippen LogP contribution in [0.15, 0.2) is 16.6 Å². The average Bonchev–Trinajstić information content (AvgIpc) is 2.42. The first-order valence-electron chi connectivity index (χ1n) is 5.43. The summed E-state index contributed by atoms with van der Waals surface area (Å²) in [6.07, 6.45) is 1.15. The van der Waals surface area contributed by atoms with Gasteiger partial charge in [0.1, 0.15) is 0 Å². The number of ether oxygens (including phenoxy) is 2. The van der Waals surface area contributed by atoms with Crippen molar-refractivity contribution in [3.63, 3.8) is 0 Å². The molecule has 0 amide bonds. The largest absolute Gasteiger partial charge is 0.490 e. The van der Waals surface area contributed by atoms with E-state index in [4.69, 9.17) is 9.47 Å². The Morgan fingerprint density at radius 3 is 2.56 bits per heavy atom. The number of rotatable bonds is 2. The lowest BCUT2D eigenvalue weighted by atomic mass is 10.1. The fourth-order valence-corrected chi connectivity index (χ4v) is 2.18. The molecular formula is C12H15BrO3. The van der Waals surface area contributed by atoms with Gasteiger partial charge in [0, 0.05) is 10.9 Å². The summed E-state index contributed by atoms with van der Waals surface area (Å²) in [7, 11) is 0. The maximum Gasteiger partial charge on any atom is 0.162 e. The van der Waals surface area contributed by atoms with Gasteiger partial charge in [-0.15, -0.1) is 0 Å². The summed E-state index contributed by atoms with van der Waals surface area (Å²) < 4.78 is 12.1. The second kappa shape index (κ2) is 5.06. The summed E-state index contributed by atoms with van der Waals surface area (Å²) in [4.78, 5) is 0. The van der Waals surface area contributed by atoms with E-state index in [1.807, 2.05) is 12.1 Å². The number of benzene rings is 1. The predicted octanol–water partition coefficient (Wildman–Crippen LogP) is 2.53. The molecular weight excluding hydrogens is 272 g/mol. The van der Waals surface area contributed by atoms with Crippen molar-refractivity contribution in [1.29, 1.82) is 0 Å². The fourth-order valence-electron chi connectivity index (χ4n) is 1.70. The predicted molar refractivity (Wildman–Crippen MR) is 65.1 cm³/mol. The van der Waals surface area contributed by atoms with Crippen LogP contribution in [-0.2, 0) is 6.42 Å². The van der Waals surface area contributed by atoms with E-state index in [1.54, 1.807) is 6.92 Å². The summed E-state index contributed by atoms with van der Waals surface area (Å²) in [6.45, 7) is 3.15. The van der Waals surface area contributed by atoms with Crippen LogP contribution in [0.4, 0.5) is 0 Å². The third-order valence-electron chi connectivity index (χ3n) is 2.43. The summed E-state index contributed by atoms with van der Waals surface area (Å²) in [5.41, 5.74) is 1.04. The Labute approximate surface area is 104 Å². The quantitative estimate of drug-likeness (QED) is 0.908. The first-order chi connectivity index (χ1) is 7.66. The molecule has 1 aromatic carbocycles. The molecule has 1 heterocycles. The van der Waals surface area contributed by atoms with Crippen molar-refractivity contribution in [3.8, 4) is 11.5 Å². The molecule has 0 aliphatic carbocycles. The molecule has 0 radical (unpaired) electrons. The van der Waals surface area contributed by atoms with E-state index in [1.165, 1.54) is 0 Å². The number of aliphatic hydroxyl groups excluding tert-OH is 1. The first kappa shape index (κ1) is 11.7. The van der Waals surface area contributed by atoms with Crippen molar-refractivity contribution in [2.75, 3.05) is 13.2 Å². The Bertz CT molecular complexity index is 377. The molecule has 0 saturated heterocycles. The number of fused-ring (bicyclic) bond motifs is 1. The minimum atomic E-state index is -0.360. The Morgan fingerprint density at radius 2 is 1.94 bits per heavy atom. The van der Waals surface area contributed by atoms with E-state index in [9.17, 15) is 5.11 Å². The van der Waals surface area contributed by atoms with E-state index < -0.39 is 0 Å². The van der Waals surface area contributed by atoms with Gasteiger partial charge in [-0.2, -0.15) is 0 Å². The lowest BCUT2D eigenvalue weighted by molar-refractivity contribution is 0.195. The van der Waals surface area contributed by atoms with Gasteiger partial charge >= 0.3 is 0 Å². The van der Waals surface area contributed by atoms with E-state index in [0.717, 1.165) is 28.0 Å². The topological polar surface area (TPSA) is 38.7 Å². The van der Waals surface area contributed by atoms with Crippen LogP contribution in [0.1, 0.15) is 18.9 Å². The Morgan fingerprint density at radius 1 is 1.31 bits per heavy atom. The summed E-state index contributed by atoms with van der Waals surface area (Å²) in [5.74, 6) is 1.55. The van der Waals surface area contributed by atoms with Crippen LogP contribution in [0.25, 0.3) is 0 Å². The molecule has 1 N–H and O–H groups in total. The zero-order chi connectivity index (χ0) is 11.5. The molecule has 1 aliphatic heterocycles. The molecule has 0 fully saturated rings. The van der Waals surface area contributed by atoms with Gasteiger partial charge in [0.15, 0.2) is 11.5 Å². The van der Waals surface area contributed by atoms with Gasteiger partial charge in [-0.1, -0.05) is 15.9 Å². The molecule has 88 valence electrons. The number of aliphatic hydroxyl groups is 1. The standard InChI is InChI=1S/C12H15BrO3/c1-8(14)5-9-6-11-12(7-10(9)13)16-4-2-3-15-11/h6-8,14H,2-5H2,1H3. The average molecular weight is 287 g/mol. The lowest BCUT2D eigenvalue weighted by Gasteiger charge is -2.12. The molecule has 3 nitrogen and oxygen atoms in total. The van der Waals surface area contributed by atoms with Crippen LogP contribution in [-0.4, -0.2) is 24.4 Å². The minimum absolute atomic E-state index is 0.360. The smallest absolute Gasteiger partial charge is 0.162 e. The van der Waals surface area contributed by atoms with E-state index in [2.05, 4.69) is 15.9 Å². The maximum absolute atomic E-state index is 9.40. The van der Waals surface area contributed by atoms with Gasteiger partial charge in [-0.05, 0) is 31.0 Å². The number of halogens is 1. The Balaban J connectivity index is 2.31. The molecule has 0 spiro atoms. The van der Waals surface area contributed by atoms with Crippen LogP contribution in [0.5, 0.6) is 11.5 Å². The van der Waals surface area contributed by atoms with Gasteiger partial charge in [0.05, 0.1) is 19.3 Å². The maximum atomic E-state index is 9.40. The second-order valence-corrected chi connectivity index (χ2v) is 4.85. The molecule has 0 aromatic heterocycles. The highest BCUT2D eigenvalue weighted by atomic mass is 79.9. The molecule has 16 heavy (non-hydrogen) atoms. The second-order valence-electron chi connectivity index (χ2n) is 3.99. The lowest BCUT2D eigenvalue weighted by Crippen LogP contribution is -2.05. The highest BCUT2D eigenvalue weighted by molar-refractivity contribution is 9.10. The third kappa shape index (κ3) is 2.68. The highest BCUT2D eigenvalue weighted by Gasteiger charge is 2.14. The minimum Gasteiger partial charge on any atom is -0.490 e. The normalized spacial score (nSPS) is 16.7. The molecule has 0 bridgehead atoms. The van der Waals surface area contributed by atoms with Gasteiger partial charge < -0.3 is 14.6 Å². The zero-order valence-electron chi connectivity index (χ0n) is 9.20. The van der Waals surface area contributed by atoms with E-state index in [0.29, 0.717) is 19.6 Å². The highest BCUT2D eigenvalue weighted by Crippen LogP contribution is 2.35. The van der Waals surface area contributed by atoms with Gasteiger partial charge in [0.25, 0.3) is 0 Å². The van der Waals surface area contributed by atoms with Crippen LogP contribution in [0.2, 0.25) is 0 Å². The van der Waals surface area contributed by atoms with Crippen LogP contribution >= 0.6 is 15.9 Å². The molecule has 0 saturated carbocycles. The molecule has 1 aromatic rings. The van der Waals surface area contributed by atoms with Crippen LogP contribution < -0.4 is 9.47 Å². The van der Waals surface area contributed by atoms with Crippen molar-refractivity contribution < 1.29 is 14.6 Å². The third-order valence-corrected chi connectivity index (χ3v) is 3.17. The van der Waals surface area contributed by atoms with Gasteiger partial charge in [-0.25, -0.2) is 0 Å². The van der Waals surface area contributed by atoms with Gasteiger partial charge in [-0.3, -0.25) is 0 Å². The van der Waals surface area contributed by atoms with Crippen molar-refractivity contribution in [2.45, 2.75) is 25.9 Å². The molecule has 2 rings (SSSR count). The van der Waals surface area contributed by atoms with Gasteiger partial charge in [0.2, 0.25) is 0 Å². The monoisotopic (exact) mass is 286 g/mol. The molecule has 1 atom stereocenters. The summed E-state index contributed by atoms with van der Waals surface area (Å²) in [5, 5.41) is 9.40. The van der Waals surface area contributed by atoms with Crippen molar-refractivity contribution in [2.24, 2.45) is 0 Å². The number of hydrogen-bond donors (Lipinski definition) is 1. The SMILES string of the molecule is CC(O)Cc1cc2c(cc1Br)OCCCO2. The first-order valence-corrected chi connectivity index (χ1v) is 6.22.